The zero-order valence-corrected chi connectivity index (χ0v) is 11.2. The maximum absolute atomic E-state index is 2.32. The van der Waals surface area contributed by atoms with Crippen LogP contribution >= 0.6 is 0 Å². The van der Waals surface area contributed by atoms with Gasteiger partial charge < -0.3 is 9.60 Å². The lowest BCUT2D eigenvalue weighted by atomic mass is 10.1. The molecule has 1 aliphatic rings. The summed E-state index contributed by atoms with van der Waals surface area (Å²) in [5, 5.41) is 0. The van der Waals surface area contributed by atoms with Crippen molar-refractivity contribution >= 4 is 0 Å². The van der Waals surface area contributed by atoms with Gasteiger partial charge in [-0.25, -0.2) is 0 Å². The standard InChI is InChI=1S/C14H29N.FH/c1-3-5-7-8-12-15-13-9-11-14(15)10-6-4-2;/h14H,3-13H2,1-2H3;1H. The van der Waals surface area contributed by atoms with E-state index in [1.807, 2.05) is 4.90 Å². The van der Waals surface area contributed by atoms with Crippen LogP contribution in [-0.4, -0.2) is 19.1 Å². The quantitative estimate of drug-likeness (QED) is 0.552. The van der Waals surface area contributed by atoms with Gasteiger partial charge in [-0.1, -0.05) is 33.1 Å². The molecule has 1 nitrogen and oxygen atoms in total. The average molecular weight is 231 g/mol. The molecule has 98 valence electrons. The van der Waals surface area contributed by atoms with Gasteiger partial charge in [0.1, 0.15) is 0 Å². The Morgan fingerprint density at radius 2 is 1.75 bits per heavy atom. The highest BCUT2D eigenvalue weighted by Crippen LogP contribution is 2.08. The van der Waals surface area contributed by atoms with Crippen molar-refractivity contribution in [2.24, 2.45) is 0 Å². The summed E-state index contributed by atoms with van der Waals surface area (Å²) in [5.74, 6) is 0. The van der Waals surface area contributed by atoms with Crippen molar-refractivity contribution in [1.29, 1.82) is 0 Å². The highest BCUT2D eigenvalue weighted by atomic mass is 19.0. The predicted molar refractivity (Wildman–Crippen MR) is 67.4 cm³/mol. The Labute approximate surface area is 101 Å². The summed E-state index contributed by atoms with van der Waals surface area (Å²) in [6.45, 7) is 7.53. The Hall–Kier alpha value is -0.110. The van der Waals surface area contributed by atoms with Gasteiger partial charge in [-0.2, -0.15) is 0 Å². The number of likely N-dealkylation sites (tertiary alicyclic amines) is 1. The van der Waals surface area contributed by atoms with Crippen molar-refractivity contribution in [2.45, 2.75) is 77.7 Å². The number of hydrogen-bond acceptors (Lipinski definition) is 0. The van der Waals surface area contributed by atoms with Gasteiger partial charge in [0.15, 0.2) is 0 Å². The highest BCUT2D eigenvalue weighted by molar-refractivity contribution is 4.62. The van der Waals surface area contributed by atoms with Crippen molar-refractivity contribution in [3.8, 4) is 0 Å². The fourth-order valence-corrected chi connectivity index (χ4v) is 2.89. The van der Waals surface area contributed by atoms with Crippen molar-refractivity contribution in [2.75, 3.05) is 13.1 Å². The molecule has 2 unspecified atom stereocenters. The van der Waals surface area contributed by atoms with E-state index in [9.17, 15) is 0 Å². The molecular formula is C14H30FN. The van der Waals surface area contributed by atoms with E-state index >= 15 is 0 Å². The third-order valence-corrected chi connectivity index (χ3v) is 3.89. The minimum Gasteiger partial charge on any atom is -1.00 e. The van der Waals surface area contributed by atoms with Crippen LogP contribution in [0.15, 0.2) is 0 Å². The average Bonchev–Trinajstić information content (AvgIpc) is 2.69. The molecule has 0 bridgehead atoms. The molecule has 0 amide bonds. The Morgan fingerprint density at radius 3 is 2.44 bits per heavy atom. The van der Waals surface area contributed by atoms with Gasteiger partial charge in [0, 0.05) is 12.8 Å². The van der Waals surface area contributed by atoms with Gasteiger partial charge in [0.25, 0.3) is 0 Å². The summed E-state index contributed by atoms with van der Waals surface area (Å²) in [6, 6.07) is 1.02. The predicted octanol–water partition coefficient (Wildman–Crippen LogP) is -0.192. The van der Waals surface area contributed by atoms with Crippen LogP contribution in [0.25, 0.3) is 0 Å². The molecule has 0 aromatic carbocycles. The zero-order chi connectivity index (χ0) is 10.9. The van der Waals surface area contributed by atoms with Gasteiger partial charge >= 0.3 is 0 Å². The molecule has 2 heteroatoms. The monoisotopic (exact) mass is 231 g/mol. The van der Waals surface area contributed by atoms with Gasteiger partial charge in [-0.15, -0.1) is 0 Å². The van der Waals surface area contributed by atoms with Gasteiger partial charge in [-0.3, -0.25) is 0 Å². The largest absolute Gasteiger partial charge is 1.00 e. The summed E-state index contributed by atoms with van der Waals surface area (Å²) in [5.41, 5.74) is 0. The third-order valence-electron chi connectivity index (χ3n) is 3.89. The van der Waals surface area contributed by atoms with Crippen LogP contribution in [0.1, 0.15) is 71.6 Å². The summed E-state index contributed by atoms with van der Waals surface area (Å²) in [6.07, 6.45) is 13.0. The first-order valence-corrected chi connectivity index (χ1v) is 7.23. The Bertz CT molecular complexity index is 150. The molecule has 1 rings (SSSR count). The zero-order valence-electron chi connectivity index (χ0n) is 11.2. The second-order valence-electron chi connectivity index (χ2n) is 5.20. The van der Waals surface area contributed by atoms with Crippen molar-refractivity contribution in [1.82, 2.24) is 0 Å². The normalized spacial score (nSPS) is 24.4. The second-order valence-corrected chi connectivity index (χ2v) is 5.20. The van der Waals surface area contributed by atoms with E-state index in [1.54, 1.807) is 0 Å². The van der Waals surface area contributed by atoms with Crippen molar-refractivity contribution in [3.63, 3.8) is 0 Å². The maximum Gasteiger partial charge on any atom is 0.0876 e. The van der Waals surface area contributed by atoms with E-state index in [0.29, 0.717) is 0 Å². The minimum atomic E-state index is 0. The van der Waals surface area contributed by atoms with E-state index < -0.39 is 0 Å². The molecule has 1 saturated heterocycles. The van der Waals surface area contributed by atoms with E-state index in [0.717, 1.165) is 6.04 Å². The van der Waals surface area contributed by atoms with Crippen LogP contribution in [0.2, 0.25) is 0 Å². The van der Waals surface area contributed by atoms with Crippen LogP contribution in [0.4, 0.5) is 0 Å². The number of nitrogens with one attached hydrogen (secondary N) is 1. The molecule has 0 spiro atoms. The fraction of sp³-hybridized carbons (Fsp3) is 1.00. The SMILES string of the molecule is CCCCCC[NH+]1CCCC1CCCC.[F-]. The first-order chi connectivity index (χ1) is 7.38. The van der Waals surface area contributed by atoms with Crippen molar-refractivity contribution < 1.29 is 9.60 Å². The molecular weight excluding hydrogens is 201 g/mol. The molecule has 16 heavy (non-hydrogen) atoms. The number of unbranched alkanes of at least 4 members (excludes halogenated alkanes) is 4. The molecule has 1 aliphatic heterocycles. The minimum absolute atomic E-state index is 0. The lowest BCUT2D eigenvalue weighted by molar-refractivity contribution is -0.912. The second kappa shape index (κ2) is 10.1. The van der Waals surface area contributed by atoms with E-state index in [-0.39, 0.29) is 4.70 Å². The van der Waals surface area contributed by atoms with E-state index in [1.165, 1.54) is 70.9 Å². The van der Waals surface area contributed by atoms with Crippen molar-refractivity contribution in [3.05, 3.63) is 0 Å². The van der Waals surface area contributed by atoms with E-state index in [4.69, 9.17) is 0 Å². The van der Waals surface area contributed by atoms with Gasteiger partial charge in [0.2, 0.25) is 0 Å². The topological polar surface area (TPSA) is 4.44 Å². The van der Waals surface area contributed by atoms with Crippen LogP contribution in [0.3, 0.4) is 0 Å². The van der Waals surface area contributed by atoms with Crippen LogP contribution in [0, 0.1) is 0 Å². The molecule has 1 N–H and O–H groups in total. The van der Waals surface area contributed by atoms with E-state index in [2.05, 4.69) is 13.8 Å². The molecule has 0 radical (unpaired) electrons. The Kier molecular flexibility index (Phi) is 10.0. The summed E-state index contributed by atoms with van der Waals surface area (Å²) in [7, 11) is 0. The Morgan fingerprint density at radius 1 is 1.00 bits per heavy atom. The van der Waals surface area contributed by atoms with Crippen LogP contribution in [-0.2, 0) is 0 Å². The molecule has 0 aromatic rings. The summed E-state index contributed by atoms with van der Waals surface area (Å²) < 4.78 is 0. The number of quaternary nitrogens is 1. The number of halogens is 1. The Balaban J connectivity index is 0.00000225. The van der Waals surface area contributed by atoms with Gasteiger partial charge in [0.05, 0.1) is 19.1 Å². The first kappa shape index (κ1) is 15.9. The van der Waals surface area contributed by atoms with Gasteiger partial charge in [-0.05, 0) is 25.7 Å². The molecule has 2 atom stereocenters. The number of hydrogen-bond donors (Lipinski definition) is 1. The summed E-state index contributed by atoms with van der Waals surface area (Å²) >= 11 is 0. The first-order valence-electron chi connectivity index (χ1n) is 7.23. The summed E-state index contributed by atoms with van der Waals surface area (Å²) in [4.78, 5) is 1.93. The molecule has 0 aliphatic carbocycles. The molecule has 1 fully saturated rings. The maximum atomic E-state index is 2.32. The highest BCUT2D eigenvalue weighted by Gasteiger charge is 2.26. The smallest absolute Gasteiger partial charge is 0.0876 e. The molecule has 0 aromatic heterocycles. The third kappa shape index (κ3) is 5.83. The number of rotatable bonds is 8. The lowest BCUT2D eigenvalue weighted by Gasteiger charge is -2.21. The molecule has 0 saturated carbocycles. The van der Waals surface area contributed by atoms with Crippen LogP contribution in [0.5, 0.6) is 0 Å². The molecule has 1 heterocycles. The lowest BCUT2D eigenvalue weighted by Crippen LogP contribution is -3.13. The van der Waals surface area contributed by atoms with Crippen LogP contribution < -0.4 is 9.60 Å². The fourth-order valence-electron chi connectivity index (χ4n) is 2.89.